The van der Waals surface area contributed by atoms with Crippen LogP contribution in [0.4, 0.5) is 0 Å². The van der Waals surface area contributed by atoms with Gasteiger partial charge in [-0.1, -0.05) is 54.1 Å². The normalized spacial score (nSPS) is 12.1. The van der Waals surface area contributed by atoms with Gasteiger partial charge < -0.3 is 15.2 Å². The highest BCUT2D eigenvalue weighted by Crippen LogP contribution is 2.30. The largest absolute Gasteiger partial charge is 0.508 e. The van der Waals surface area contributed by atoms with Gasteiger partial charge >= 0.3 is 5.97 Å². The molecule has 3 aromatic rings. The second kappa shape index (κ2) is 6.99. The van der Waals surface area contributed by atoms with Crippen molar-refractivity contribution in [2.45, 2.75) is 19.3 Å². The number of aromatic nitrogens is 2. The average molecular weight is 357 g/mol. The number of phenolic OH excluding ortho intramolecular Hbond substituents is 1. The smallest absolute Gasteiger partial charge is 0.312 e. The number of nitrogens with one attached hydrogen (secondary N) is 1. The number of aromatic hydroxyl groups is 1. The third-order valence-corrected chi connectivity index (χ3v) is 4.37. The van der Waals surface area contributed by atoms with E-state index >= 15 is 0 Å². The number of H-pyrrole nitrogens is 1. The first-order chi connectivity index (χ1) is 12.0. The molecule has 25 heavy (non-hydrogen) atoms. The molecule has 0 fully saturated rings. The Hall–Kier alpha value is -2.79. The summed E-state index contributed by atoms with van der Waals surface area (Å²) < 4.78 is 0. The third kappa shape index (κ3) is 3.67. The SMILES string of the molecule is Cc1cc(CC(C(=O)O)c2[nH]c(-c3ccccc3)nc2Cl)ccc1O. The van der Waals surface area contributed by atoms with Crippen LogP contribution in [-0.2, 0) is 11.2 Å². The monoisotopic (exact) mass is 356 g/mol. The van der Waals surface area contributed by atoms with Gasteiger partial charge in [-0.2, -0.15) is 0 Å². The number of halogens is 1. The zero-order chi connectivity index (χ0) is 18.0. The zero-order valence-electron chi connectivity index (χ0n) is 13.5. The van der Waals surface area contributed by atoms with Crippen LogP contribution in [0.15, 0.2) is 48.5 Å². The number of aromatic amines is 1. The van der Waals surface area contributed by atoms with Gasteiger partial charge in [-0.15, -0.1) is 0 Å². The summed E-state index contributed by atoms with van der Waals surface area (Å²) in [5, 5.41) is 19.4. The lowest BCUT2D eigenvalue weighted by atomic mass is 9.95. The van der Waals surface area contributed by atoms with Gasteiger partial charge in [0, 0.05) is 5.56 Å². The fraction of sp³-hybridized carbons (Fsp3) is 0.158. The van der Waals surface area contributed by atoms with Crippen molar-refractivity contribution in [1.82, 2.24) is 9.97 Å². The van der Waals surface area contributed by atoms with Crippen molar-refractivity contribution >= 4 is 17.6 Å². The van der Waals surface area contributed by atoms with Crippen molar-refractivity contribution in [3.05, 3.63) is 70.5 Å². The predicted molar refractivity (Wildman–Crippen MR) is 96.0 cm³/mol. The number of phenols is 1. The Balaban J connectivity index is 1.94. The molecular formula is C19H17ClN2O3. The quantitative estimate of drug-likeness (QED) is 0.640. The minimum absolute atomic E-state index is 0.154. The van der Waals surface area contributed by atoms with Gasteiger partial charge in [0.15, 0.2) is 5.15 Å². The molecule has 2 aromatic carbocycles. The minimum atomic E-state index is -0.990. The van der Waals surface area contributed by atoms with Gasteiger partial charge in [0.25, 0.3) is 0 Å². The number of nitrogens with zero attached hydrogens (tertiary/aromatic N) is 1. The van der Waals surface area contributed by atoms with E-state index < -0.39 is 11.9 Å². The van der Waals surface area contributed by atoms with Crippen molar-refractivity contribution in [3.8, 4) is 17.1 Å². The van der Waals surface area contributed by atoms with Gasteiger partial charge in [0.05, 0.1) is 5.69 Å². The van der Waals surface area contributed by atoms with E-state index in [9.17, 15) is 15.0 Å². The van der Waals surface area contributed by atoms with Crippen LogP contribution < -0.4 is 0 Å². The Morgan fingerprint density at radius 2 is 1.96 bits per heavy atom. The Labute approximate surface area is 149 Å². The third-order valence-electron chi connectivity index (χ3n) is 4.08. The number of rotatable bonds is 5. The molecule has 0 amide bonds. The summed E-state index contributed by atoms with van der Waals surface area (Å²) in [5.74, 6) is -1.13. The van der Waals surface area contributed by atoms with Gasteiger partial charge in [-0.05, 0) is 30.5 Å². The number of hydrogen-bond acceptors (Lipinski definition) is 3. The van der Waals surface area contributed by atoms with Crippen LogP contribution in [0.3, 0.4) is 0 Å². The van der Waals surface area contributed by atoms with Crippen LogP contribution in [0.1, 0.15) is 22.7 Å². The maximum atomic E-state index is 11.8. The molecule has 0 aliphatic rings. The fourth-order valence-corrected chi connectivity index (χ4v) is 2.99. The first-order valence-corrected chi connectivity index (χ1v) is 8.15. The van der Waals surface area contributed by atoms with E-state index in [1.54, 1.807) is 25.1 Å². The van der Waals surface area contributed by atoms with Gasteiger partial charge in [-0.3, -0.25) is 4.79 Å². The molecule has 5 nitrogen and oxygen atoms in total. The number of carboxylic acids is 1. The highest BCUT2D eigenvalue weighted by atomic mass is 35.5. The second-order valence-corrected chi connectivity index (χ2v) is 6.23. The number of imidazole rings is 1. The first kappa shape index (κ1) is 17.0. The van der Waals surface area contributed by atoms with E-state index in [-0.39, 0.29) is 17.3 Å². The van der Waals surface area contributed by atoms with E-state index in [0.717, 1.165) is 11.1 Å². The standard InChI is InChI=1S/C19H17ClN2O3/c1-11-9-12(7-8-15(11)23)10-14(19(24)25)16-17(20)22-18(21-16)13-5-3-2-4-6-13/h2-9,14,23H,10H2,1H3,(H,21,22)(H,24,25). The van der Waals surface area contributed by atoms with Crippen LogP contribution in [-0.4, -0.2) is 26.2 Å². The number of carbonyl (C=O) groups is 1. The lowest BCUT2D eigenvalue weighted by Crippen LogP contribution is -2.15. The van der Waals surface area contributed by atoms with Crippen LogP contribution >= 0.6 is 11.6 Å². The van der Waals surface area contributed by atoms with Crippen LogP contribution in [0, 0.1) is 6.92 Å². The maximum Gasteiger partial charge on any atom is 0.312 e. The molecule has 0 aliphatic carbocycles. The number of benzene rings is 2. The van der Waals surface area contributed by atoms with Crippen LogP contribution in [0.2, 0.25) is 5.15 Å². The Morgan fingerprint density at radius 1 is 1.24 bits per heavy atom. The van der Waals surface area contributed by atoms with E-state index in [2.05, 4.69) is 9.97 Å². The fourth-order valence-electron chi connectivity index (χ4n) is 2.72. The molecule has 0 radical (unpaired) electrons. The molecular weight excluding hydrogens is 340 g/mol. The van der Waals surface area contributed by atoms with E-state index in [4.69, 9.17) is 11.6 Å². The summed E-state index contributed by atoms with van der Waals surface area (Å²) >= 11 is 6.21. The predicted octanol–water partition coefficient (Wildman–Crippen LogP) is 4.16. The summed E-state index contributed by atoms with van der Waals surface area (Å²) in [6, 6.07) is 14.4. The first-order valence-electron chi connectivity index (χ1n) is 7.78. The molecule has 0 saturated carbocycles. The molecule has 1 aromatic heterocycles. The Kier molecular flexibility index (Phi) is 4.76. The Morgan fingerprint density at radius 3 is 2.60 bits per heavy atom. The summed E-state index contributed by atoms with van der Waals surface area (Å²) in [6.07, 6.45) is 0.243. The van der Waals surface area contributed by atoms with Crippen LogP contribution in [0.5, 0.6) is 5.75 Å². The topological polar surface area (TPSA) is 86.2 Å². The average Bonchev–Trinajstić information content (AvgIpc) is 2.98. The van der Waals surface area contributed by atoms with E-state index in [1.807, 2.05) is 30.3 Å². The highest BCUT2D eigenvalue weighted by Gasteiger charge is 2.26. The summed E-state index contributed by atoms with van der Waals surface area (Å²) in [6.45, 7) is 1.77. The highest BCUT2D eigenvalue weighted by molar-refractivity contribution is 6.30. The molecule has 3 N–H and O–H groups in total. The molecule has 0 bridgehead atoms. The molecule has 3 rings (SSSR count). The maximum absolute atomic E-state index is 11.8. The molecule has 128 valence electrons. The van der Waals surface area contributed by atoms with E-state index in [0.29, 0.717) is 17.1 Å². The van der Waals surface area contributed by atoms with Crippen molar-refractivity contribution in [1.29, 1.82) is 0 Å². The van der Waals surface area contributed by atoms with Crippen molar-refractivity contribution in [2.24, 2.45) is 0 Å². The second-order valence-electron chi connectivity index (χ2n) is 5.87. The lowest BCUT2D eigenvalue weighted by molar-refractivity contribution is -0.138. The molecule has 0 saturated heterocycles. The van der Waals surface area contributed by atoms with Gasteiger partial charge in [0.1, 0.15) is 17.5 Å². The van der Waals surface area contributed by atoms with Gasteiger partial charge in [-0.25, -0.2) is 4.98 Å². The van der Waals surface area contributed by atoms with Gasteiger partial charge in [0.2, 0.25) is 0 Å². The minimum Gasteiger partial charge on any atom is -0.508 e. The number of aryl methyl sites for hydroxylation is 1. The van der Waals surface area contributed by atoms with Crippen molar-refractivity contribution < 1.29 is 15.0 Å². The molecule has 1 heterocycles. The molecule has 0 spiro atoms. The van der Waals surface area contributed by atoms with Crippen molar-refractivity contribution in [2.75, 3.05) is 0 Å². The summed E-state index contributed by atoms with van der Waals surface area (Å²) in [4.78, 5) is 19.1. The summed E-state index contributed by atoms with van der Waals surface area (Å²) in [7, 11) is 0. The van der Waals surface area contributed by atoms with E-state index in [1.165, 1.54) is 0 Å². The molecule has 6 heteroatoms. The summed E-state index contributed by atoms with van der Waals surface area (Å²) in [5.41, 5.74) is 2.70. The molecule has 1 atom stereocenters. The van der Waals surface area contributed by atoms with Crippen molar-refractivity contribution in [3.63, 3.8) is 0 Å². The molecule has 0 aliphatic heterocycles. The number of aliphatic carboxylic acids is 1. The lowest BCUT2D eigenvalue weighted by Gasteiger charge is -2.12. The molecule has 1 unspecified atom stereocenters. The Bertz CT molecular complexity index is 906. The van der Waals surface area contributed by atoms with Crippen LogP contribution in [0.25, 0.3) is 11.4 Å². The number of hydrogen-bond donors (Lipinski definition) is 3. The zero-order valence-corrected chi connectivity index (χ0v) is 14.3. The number of carboxylic acid groups (broad SMARTS) is 1.